The number of halogens is 1. The Hall–Kier alpha value is 0.860. The van der Waals surface area contributed by atoms with Crippen LogP contribution in [0.1, 0.15) is 6.42 Å². The molecule has 0 bridgehead atoms. The van der Waals surface area contributed by atoms with Gasteiger partial charge in [-0.3, -0.25) is 4.79 Å². The topological polar surface area (TPSA) is 63.3 Å². The lowest BCUT2D eigenvalue weighted by atomic mass is 10.2. The minimum absolute atomic E-state index is 0.552. The van der Waals surface area contributed by atoms with Gasteiger partial charge < -0.3 is 10.8 Å². The van der Waals surface area contributed by atoms with Gasteiger partial charge in [0.25, 0.3) is 0 Å². The number of hydrogen-bond acceptors (Lipinski definition) is 4. The second-order valence-electron chi connectivity index (χ2n) is 1.88. The van der Waals surface area contributed by atoms with Gasteiger partial charge in [-0.15, -0.1) is 0 Å². The number of carboxylic acid groups (broad SMARTS) is 1. The molecule has 0 spiro atoms. The zero-order chi connectivity index (χ0) is 9.98. The molecule has 0 aliphatic carbocycles. The van der Waals surface area contributed by atoms with Crippen LogP contribution in [0.25, 0.3) is 0 Å². The summed E-state index contributed by atoms with van der Waals surface area (Å²) in [5.74, 6) is -0.1000. The van der Waals surface area contributed by atoms with E-state index >= 15 is 0 Å². The maximum absolute atomic E-state index is 10.1. The molecule has 0 radical (unpaired) electrons. The Morgan fingerprint density at radius 1 is 1.67 bits per heavy atom. The minimum atomic E-state index is -0.913. The Bertz CT molecular complexity index is 116. The van der Waals surface area contributed by atoms with Gasteiger partial charge in [0.2, 0.25) is 0 Å². The van der Waals surface area contributed by atoms with Gasteiger partial charge in [-0.25, -0.2) is 0 Å². The summed E-state index contributed by atoms with van der Waals surface area (Å²) in [5, 5.41) is 8.27. The fourth-order valence-corrected chi connectivity index (χ4v) is 0.858. The van der Waals surface area contributed by atoms with E-state index in [-0.39, 0.29) is 0 Å². The van der Waals surface area contributed by atoms with Gasteiger partial charge in [0.05, 0.1) is 0 Å². The summed E-state index contributed by atoms with van der Waals surface area (Å²) in [7, 11) is 1.72. The van der Waals surface area contributed by atoms with Crippen molar-refractivity contribution in [2.24, 2.45) is 5.73 Å². The largest absolute Gasteiger partial charge is 0.480 e. The molecule has 3 nitrogen and oxygen atoms in total. The molecule has 74 valence electrons. The number of nitrogens with two attached hydrogens (primary N) is 1. The number of rotatable bonds is 4. The standard InChI is InChI=1S/C5H11NO2S.CH3IS/c1-9-3-2-4(6)5(7)8;1-3-2/h4H,2-3,6H2,1H3,(H,7,8);1H3/t4-;/m0./s1. The lowest BCUT2D eigenvalue weighted by molar-refractivity contribution is -0.138. The average molecular weight is 323 g/mol. The SMILES string of the molecule is CSCC[C@H](N)C(=O)O.CSI. The van der Waals surface area contributed by atoms with E-state index in [1.807, 2.05) is 12.5 Å². The zero-order valence-electron chi connectivity index (χ0n) is 7.12. The second-order valence-corrected chi connectivity index (χ2v) is 5.82. The molecule has 0 fully saturated rings. The molecule has 0 amide bonds. The van der Waals surface area contributed by atoms with Crippen LogP contribution < -0.4 is 5.73 Å². The summed E-state index contributed by atoms with van der Waals surface area (Å²) >= 11 is 3.81. The monoisotopic (exact) mass is 323 g/mol. The van der Waals surface area contributed by atoms with Crippen LogP contribution in [-0.2, 0) is 4.79 Å². The third-order valence-electron chi connectivity index (χ3n) is 0.950. The van der Waals surface area contributed by atoms with Gasteiger partial charge in [-0.05, 0) is 45.9 Å². The van der Waals surface area contributed by atoms with Crippen molar-refractivity contribution in [2.45, 2.75) is 12.5 Å². The molecule has 0 aromatic carbocycles. The first-order valence-corrected chi connectivity index (χ1v) is 8.38. The average Bonchev–Trinajstić information content (AvgIpc) is 2.01. The molecule has 0 unspecified atom stereocenters. The fourth-order valence-electron chi connectivity index (χ4n) is 0.368. The van der Waals surface area contributed by atoms with E-state index in [1.165, 1.54) is 0 Å². The van der Waals surface area contributed by atoms with Crippen LogP contribution in [0, 0.1) is 0 Å². The van der Waals surface area contributed by atoms with Gasteiger partial charge in [-0.2, -0.15) is 11.8 Å². The molecule has 3 N–H and O–H groups in total. The van der Waals surface area contributed by atoms with Crippen LogP contribution >= 0.6 is 41.9 Å². The van der Waals surface area contributed by atoms with Gasteiger partial charge in [-0.1, -0.05) is 8.93 Å². The fraction of sp³-hybridized carbons (Fsp3) is 0.833. The van der Waals surface area contributed by atoms with Crippen molar-refractivity contribution in [3.8, 4) is 0 Å². The molecular formula is C6H14INO2S2. The molecule has 0 saturated heterocycles. The Morgan fingerprint density at radius 2 is 2.08 bits per heavy atom. The quantitative estimate of drug-likeness (QED) is 0.773. The van der Waals surface area contributed by atoms with Crippen molar-refractivity contribution in [3.05, 3.63) is 0 Å². The lowest BCUT2D eigenvalue weighted by Gasteiger charge is -2.02. The first kappa shape index (κ1) is 15.3. The van der Waals surface area contributed by atoms with E-state index < -0.39 is 12.0 Å². The summed E-state index contributed by atoms with van der Waals surface area (Å²) in [6.07, 6.45) is 4.51. The number of carbonyl (C=O) groups is 1. The third-order valence-corrected chi connectivity index (χ3v) is 1.59. The summed E-state index contributed by atoms with van der Waals surface area (Å²) < 4.78 is 0. The van der Waals surface area contributed by atoms with Crippen molar-refractivity contribution < 1.29 is 9.90 Å². The molecule has 1 atom stereocenters. The minimum Gasteiger partial charge on any atom is -0.480 e. The van der Waals surface area contributed by atoms with E-state index in [4.69, 9.17) is 10.8 Å². The smallest absolute Gasteiger partial charge is 0.320 e. The van der Waals surface area contributed by atoms with Crippen LogP contribution in [0.15, 0.2) is 0 Å². The maximum atomic E-state index is 10.1. The highest BCUT2D eigenvalue weighted by atomic mass is 127. The summed E-state index contributed by atoms with van der Waals surface area (Å²) in [6, 6.07) is -0.683. The van der Waals surface area contributed by atoms with E-state index in [2.05, 4.69) is 21.2 Å². The van der Waals surface area contributed by atoms with E-state index in [0.717, 1.165) is 5.75 Å². The van der Waals surface area contributed by atoms with Gasteiger partial charge in [0.15, 0.2) is 0 Å². The number of hydrogen-bond donors (Lipinski definition) is 2. The van der Waals surface area contributed by atoms with Crippen molar-refractivity contribution >= 4 is 47.9 Å². The van der Waals surface area contributed by atoms with E-state index in [9.17, 15) is 4.79 Å². The molecule has 6 heteroatoms. The number of carboxylic acids is 1. The Labute approximate surface area is 93.8 Å². The molecular weight excluding hydrogens is 309 g/mol. The first-order chi connectivity index (χ1) is 5.59. The highest BCUT2D eigenvalue weighted by Gasteiger charge is 2.08. The Kier molecular flexibility index (Phi) is 15.2. The van der Waals surface area contributed by atoms with Gasteiger partial charge in [0.1, 0.15) is 6.04 Å². The predicted molar refractivity (Wildman–Crippen MR) is 66.1 cm³/mol. The highest BCUT2D eigenvalue weighted by molar-refractivity contribution is 14.2. The Morgan fingerprint density at radius 3 is 2.33 bits per heavy atom. The molecule has 12 heavy (non-hydrogen) atoms. The molecule has 0 aliphatic heterocycles. The molecule has 0 aromatic rings. The zero-order valence-corrected chi connectivity index (χ0v) is 10.9. The third kappa shape index (κ3) is 13.4. The van der Waals surface area contributed by atoms with Crippen LogP contribution in [0.3, 0.4) is 0 Å². The van der Waals surface area contributed by atoms with Crippen molar-refractivity contribution in [1.82, 2.24) is 0 Å². The molecule has 0 rings (SSSR count). The number of aliphatic carboxylic acids is 1. The molecule has 0 aliphatic rings. The summed E-state index contributed by atoms with van der Waals surface area (Å²) in [6.45, 7) is 0. The van der Waals surface area contributed by atoms with Crippen molar-refractivity contribution in [3.63, 3.8) is 0 Å². The highest BCUT2D eigenvalue weighted by Crippen LogP contribution is 2.00. The van der Waals surface area contributed by atoms with Gasteiger partial charge in [0, 0.05) is 0 Å². The number of thioether (sulfide) groups is 1. The maximum Gasteiger partial charge on any atom is 0.320 e. The molecule has 0 heterocycles. The van der Waals surface area contributed by atoms with Crippen LogP contribution in [0.2, 0.25) is 0 Å². The summed E-state index contributed by atoms with van der Waals surface area (Å²) in [4.78, 5) is 10.1. The van der Waals surface area contributed by atoms with E-state index in [1.54, 1.807) is 20.7 Å². The molecule has 0 aromatic heterocycles. The first-order valence-electron chi connectivity index (χ1n) is 3.22. The second kappa shape index (κ2) is 11.9. The predicted octanol–water partition coefficient (Wildman–Crippen LogP) is 1.85. The van der Waals surface area contributed by atoms with E-state index in [0.29, 0.717) is 6.42 Å². The van der Waals surface area contributed by atoms with Crippen molar-refractivity contribution in [1.29, 1.82) is 0 Å². The normalized spacial score (nSPS) is 11.3. The molecule has 0 saturated carbocycles. The summed E-state index contributed by atoms with van der Waals surface area (Å²) in [5.41, 5.74) is 5.19. The van der Waals surface area contributed by atoms with Crippen molar-refractivity contribution in [2.75, 3.05) is 18.3 Å². The van der Waals surface area contributed by atoms with Crippen LogP contribution in [-0.4, -0.2) is 35.4 Å². The lowest BCUT2D eigenvalue weighted by Crippen LogP contribution is -2.30. The van der Waals surface area contributed by atoms with Crippen LogP contribution in [0.4, 0.5) is 0 Å². The Balaban J connectivity index is 0. The van der Waals surface area contributed by atoms with Crippen LogP contribution in [0.5, 0.6) is 0 Å². The van der Waals surface area contributed by atoms with Gasteiger partial charge >= 0.3 is 5.97 Å².